The summed E-state index contributed by atoms with van der Waals surface area (Å²) in [7, 11) is 0. The summed E-state index contributed by atoms with van der Waals surface area (Å²) in [6, 6.07) is 24.4. The van der Waals surface area contributed by atoms with Crippen molar-refractivity contribution >= 4 is 46.8 Å². The van der Waals surface area contributed by atoms with E-state index in [2.05, 4.69) is 5.32 Å². The summed E-state index contributed by atoms with van der Waals surface area (Å²) < 4.78 is 0. The number of nitrogens with zero attached hydrogens (tertiary/aromatic N) is 1. The molecule has 0 bridgehead atoms. The van der Waals surface area contributed by atoms with Crippen LogP contribution < -0.4 is 5.32 Å². The van der Waals surface area contributed by atoms with E-state index < -0.39 is 6.04 Å². The first kappa shape index (κ1) is 29.1. The van der Waals surface area contributed by atoms with Crippen LogP contribution in [0.25, 0.3) is 0 Å². The van der Waals surface area contributed by atoms with E-state index in [1.165, 1.54) is 0 Å². The zero-order valence-electron chi connectivity index (χ0n) is 21.3. The van der Waals surface area contributed by atoms with Crippen molar-refractivity contribution in [2.75, 3.05) is 5.75 Å². The molecule has 4 nitrogen and oxygen atoms in total. The maximum absolute atomic E-state index is 13.7. The van der Waals surface area contributed by atoms with E-state index in [0.717, 1.165) is 28.2 Å². The number of hydrogen-bond donors (Lipinski definition) is 1. The van der Waals surface area contributed by atoms with E-state index in [4.69, 9.17) is 23.2 Å². The van der Waals surface area contributed by atoms with Crippen molar-refractivity contribution in [1.82, 2.24) is 10.2 Å². The first-order chi connectivity index (χ1) is 17.9. The van der Waals surface area contributed by atoms with E-state index in [0.29, 0.717) is 29.3 Å². The molecule has 0 aromatic heterocycles. The average molecular weight is 558 g/mol. The van der Waals surface area contributed by atoms with Crippen LogP contribution in [0.3, 0.4) is 0 Å². The lowest BCUT2D eigenvalue weighted by atomic mass is 10.0. The smallest absolute Gasteiger partial charge is 0.243 e. The molecule has 0 aliphatic rings. The summed E-state index contributed by atoms with van der Waals surface area (Å²) in [5.74, 6) is 0.585. The maximum Gasteiger partial charge on any atom is 0.243 e. The normalized spacial score (nSPS) is 12.5. The van der Waals surface area contributed by atoms with Gasteiger partial charge in [-0.3, -0.25) is 9.59 Å². The molecule has 0 unspecified atom stereocenters. The third-order valence-corrected chi connectivity index (χ3v) is 7.91. The molecular weight excluding hydrogens is 523 g/mol. The number of nitrogens with one attached hydrogen (secondary N) is 1. The molecule has 2 amide bonds. The summed E-state index contributed by atoms with van der Waals surface area (Å²) in [6.07, 6.45) is 2.27. The summed E-state index contributed by atoms with van der Waals surface area (Å²) in [5.41, 5.74) is 1.82. The van der Waals surface area contributed by atoms with Gasteiger partial charge in [-0.2, -0.15) is 0 Å². The van der Waals surface area contributed by atoms with Crippen molar-refractivity contribution in [3.8, 4) is 0 Å². The molecule has 0 spiro atoms. The van der Waals surface area contributed by atoms with Gasteiger partial charge in [-0.15, -0.1) is 11.8 Å². The largest absolute Gasteiger partial charge is 0.352 e. The van der Waals surface area contributed by atoms with Gasteiger partial charge in [0.1, 0.15) is 6.04 Å². The van der Waals surface area contributed by atoms with Crippen LogP contribution in [0.2, 0.25) is 10.0 Å². The molecule has 2 atom stereocenters. The molecule has 0 saturated heterocycles. The van der Waals surface area contributed by atoms with Gasteiger partial charge in [0, 0.05) is 40.4 Å². The first-order valence-electron chi connectivity index (χ1n) is 12.6. The molecule has 0 aliphatic carbocycles. The topological polar surface area (TPSA) is 49.4 Å². The van der Waals surface area contributed by atoms with Crippen molar-refractivity contribution in [2.45, 2.75) is 63.1 Å². The van der Waals surface area contributed by atoms with Crippen LogP contribution in [0, 0.1) is 0 Å². The Bertz CT molecular complexity index is 1140. The van der Waals surface area contributed by atoms with Crippen molar-refractivity contribution in [2.24, 2.45) is 0 Å². The van der Waals surface area contributed by atoms with Gasteiger partial charge >= 0.3 is 0 Å². The minimum Gasteiger partial charge on any atom is -0.352 e. The predicted molar refractivity (Wildman–Crippen MR) is 155 cm³/mol. The van der Waals surface area contributed by atoms with Gasteiger partial charge in [-0.25, -0.2) is 0 Å². The Kier molecular flexibility index (Phi) is 11.8. The van der Waals surface area contributed by atoms with Gasteiger partial charge in [-0.05, 0) is 67.0 Å². The molecule has 3 aromatic carbocycles. The number of carbonyl (C=O) groups excluding carboxylic acids is 2. The lowest BCUT2D eigenvalue weighted by molar-refractivity contribution is -0.141. The zero-order valence-corrected chi connectivity index (χ0v) is 23.7. The second-order valence-electron chi connectivity index (χ2n) is 9.04. The van der Waals surface area contributed by atoms with Gasteiger partial charge < -0.3 is 10.2 Å². The summed E-state index contributed by atoms with van der Waals surface area (Å²) in [4.78, 5) is 30.0. The Morgan fingerprint density at radius 3 is 2.30 bits per heavy atom. The van der Waals surface area contributed by atoms with E-state index in [-0.39, 0.29) is 24.4 Å². The SMILES string of the molecule is CC[C@@H](C)NC(=O)[C@H](Cc1ccccc1)N(Cc1ccccc1Cl)C(=O)CCCSc1ccc(Cl)cc1. The molecule has 37 heavy (non-hydrogen) atoms. The molecule has 3 rings (SSSR count). The van der Waals surface area contributed by atoms with Crippen LogP contribution in [-0.4, -0.2) is 34.6 Å². The molecule has 1 N–H and O–H groups in total. The summed E-state index contributed by atoms with van der Waals surface area (Å²) in [6.45, 7) is 4.28. The molecule has 0 saturated carbocycles. The second-order valence-corrected chi connectivity index (χ2v) is 11.1. The van der Waals surface area contributed by atoms with Crippen LogP contribution in [0.15, 0.2) is 83.8 Å². The lowest BCUT2D eigenvalue weighted by Gasteiger charge is -2.32. The molecule has 0 aliphatic heterocycles. The second kappa shape index (κ2) is 15.1. The van der Waals surface area contributed by atoms with Crippen LogP contribution in [0.1, 0.15) is 44.2 Å². The quantitative estimate of drug-likeness (QED) is 0.176. The highest BCUT2D eigenvalue weighted by atomic mass is 35.5. The van der Waals surface area contributed by atoms with Crippen molar-refractivity contribution < 1.29 is 9.59 Å². The first-order valence-corrected chi connectivity index (χ1v) is 14.4. The average Bonchev–Trinajstić information content (AvgIpc) is 2.91. The Hall–Kier alpha value is -2.47. The Morgan fingerprint density at radius 1 is 0.946 bits per heavy atom. The van der Waals surface area contributed by atoms with Crippen molar-refractivity contribution in [3.63, 3.8) is 0 Å². The lowest BCUT2D eigenvalue weighted by Crippen LogP contribution is -2.52. The molecule has 0 heterocycles. The molecule has 3 aromatic rings. The number of amides is 2. The fraction of sp³-hybridized carbons (Fsp3) is 0.333. The predicted octanol–water partition coefficient (Wildman–Crippen LogP) is 7.42. The maximum atomic E-state index is 13.7. The van der Waals surface area contributed by atoms with Crippen LogP contribution >= 0.6 is 35.0 Å². The molecule has 7 heteroatoms. The highest BCUT2D eigenvalue weighted by molar-refractivity contribution is 7.99. The third-order valence-electron chi connectivity index (χ3n) is 6.19. The number of hydrogen-bond acceptors (Lipinski definition) is 3. The van der Waals surface area contributed by atoms with E-state index in [1.54, 1.807) is 16.7 Å². The summed E-state index contributed by atoms with van der Waals surface area (Å²) >= 11 is 14.1. The van der Waals surface area contributed by atoms with Gasteiger partial charge in [0.2, 0.25) is 11.8 Å². The molecule has 196 valence electrons. The number of halogens is 2. The van der Waals surface area contributed by atoms with E-state index >= 15 is 0 Å². The Balaban J connectivity index is 1.80. The van der Waals surface area contributed by atoms with Crippen LogP contribution in [-0.2, 0) is 22.6 Å². The van der Waals surface area contributed by atoms with Gasteiger partial charge in [0.05, 0.1) is 0 Å². The van der Waals surface area contributed by atoms with Crippen molar-refractivity contribution in [3.05, 3.63) is 100 Å². The number of rotatable bonds is 13. The highest BCUT2D eigenvalue weighted by Crippen LogP contribution is 2.24. The fourth-order valence-corrected chi connectivity index (χ4v) is 5.07. The van der Waals surface area contributed by atoms with Gasteiger partial charge in [0.25, 0.3) is 0 Å². The molecular formula is C30H34Cl2N2O2S. The Labute approximate surface area is 234 Å². The monoisotopic (exact) mass is 556 g/mol. The van der Waals surface area contributed by atoms with E-state index in [1.807, 2.05) is 92.7 Å². The number of benzene rings is 3. The minimum atomic E-state index is -0.649. The van der Waals surface area contributed by atoms with Gasteiger partial charge in [0.15, 0.2) is 0 Å². The zero-order chi connectivity index (χ0) is 26.6. The molecule has 0 radical (unpaired) electrons. The van der Waals surface area contributed by atoms with Crippen molar-refractivity contribution in [1.29, 1.82) is 0 Å². The minimum absolute atomic E-state index is 0.0128. The fourth-order valence-electron chi connectivity index (χ4n) is 3.89. The molecule has 0 fully saturated rings. The van der Waals surface area contributed by atoms with Crippen LogP contribution in [0.4, 0.5) is 0 Å². The highest BCUT2D eigenvalue weighted by Gasteiger charge is 2.31. The van der Waals surface area contributed by atoms with Gasteiger partial charge in [-0.1, -0.05) is 78.7 Å². The third kappa shape index (κ3) is 9.41. The van der Waals surface area contributed by atoms with Crippen LogP contribution in [0.5, 0.6) is 0 Å². The number of carbonyl (C=O) groups is 2. The Morgan fingerprint density at radius 2 is 1.62 bits per heavy atom. The number of thioether (sulfide) groups is 1. The van der Waals surface area contributed by atoms with E-state index in [9.17, 15) is 9.59 Å². The standard InChI is InChI=1S/C30H34Cl2N2O2S/c1-3-22(2)33-30(36)28(20-23-10-5-4-6-11-23)34(21-24-12-7-8-13-27(24)32)29(35)14-9-19-37-26-17-15-25(31)16-18-26/h4-8,10-13,15-18,22,28H,3,9,14,19-21H2,1-2H3,(H,33,36)/t22-,28+/m1/s1. The summed E-state index contributed by atoms with van der Waals surface area (Å²) in [5, 5.41) is 4.38.